The molecule has 0 radical (unpaired) electrons. The molecule has 0 spiro atoms. The molecule has 2 rings (SSSR count). The molecule has 0 unspecified atom stereocenters. The van der Waals surface area contributed by atoms with Crippen molar-refractivity contribution in [2.75, 3.05) is 32.4 Å². The zero-order valence-corrected chi connectivity index (χ0v) is 18.7. The third kappa shape index (κ3) is 8.65. The van der Waals surface area contributed by atoms with E-state index in [2.05, 4.69) is 25.3 Å². The van der Waals surface area contributed by atoms with E-state index in [1.807, 2.05) is 13.1 Å². The second kappa shape index (κ2) is 11.3. The summed E-state index contributed by atoms with van der Waals surface area (Å²) in [4.78, 5) is 9.61. The third-order valence-corrected chi connectivity index (χ3v) is 6.32. The summed E-state index contributed by atoms with van der Waals surface area (Å²) in [5.74, 6) is 1.18. The number of nitrogens with zero attached hydrogens (tertiary/aromatic N) is 2. The lowest BCUT2D eigenvalue weighted by atomic mass is 9.86. The number of thiazole rings is 1. The lowest BCUT2D eigenvalue weighted by Crippen LogP contribution is -2.42. The molecule has 0 aliphatic heterocycles. The summed E-state index contributed by atoms with van der Waals surface area (Å²) in [7, 11) is -1.55. The van der Waals surface area contributed by atoms with Crippen LogP contribution in [-0.4, -0.2) is 51.8 Å². The monoisotopic (exact) mass is 501 g/mol. The van der Waals surface area contributed by atoms with E-state index in [1.165, 1.54) is 11.3 Å². The molecule has 3 N–H and O–H groups in total. The van der Waals surface area contributed by atoms with Gasteiger partial charge in [-0.1, -0.05) is 6.42 Å². The molecule has 1 heterocycles. The van der Waals surface area contributed by atoms with Crippen LogP contribution in [0.4, 0.5) is 0 Å². The van der Waals surface area contributed by atoms with Crippen LogP contribution in [0.25, 0.3) is 0 Å². The van der Waals surface area contributed by atoms with Crippen LogP contribution in [0.2, 0.25) is 0 Å². The predicted octanol–water partition coefficient (Wildman–Crippen LogP) is 1.50. The van der Waals surface area contributed by atoms with Crippen molar-refractivity contribution in [2.24, 2.45) is 10.9 Å². The number of aliphatic imine (C=N–C) groups is 1. The van der Waals surface area contributed by atoms with Crippen molar-refractivity contribution >= 4 is 51.3 Å². The largest absolute Gasteiger partial charge is 0.356 e. The van der Waals surface area contributed by atoms with Crippen molar-refractivity contribution in [1.82, 2.24) is 20.3 Å². The van der Waals surface area contributed by atoms with E-state index in [4.69, 9.17) is 0 Å². The second-order valence-electron chi connectivity index (χ2n) is 6.00. The smallest absolute Gasteiger partial charge is 0.213 e. The zero-order chi connectivity index (χ0) is 17.4. The Balaban J connectivity index is 0.00000312. The van der Waals surface area contributed by atoms with Gasteiger partial charge in [0.2, 0.25) is 10.0 Å². The van der Waals surface area contributed by atoms with Crippen molar-refractivity contribution in [3.8, 4) is 0 Å². The van der Waals surface area contributed by atoms with E-state index in [0.29, 0.717) is 31.5 Å². The standard InChI is InChI=1S/C15H27N5O2S2.HI/c1-12-10-19-14(23-12)6-7-17-15(16-2)18-8-9-24(21,22)20-11-13-4-3-5-13;/h10,13,20H,3-9,11H2,1-2H3,(H2,16,17,18);1H. The van der Waals surface area contributed by atoms with Gasteiger partial charge >= 0.3 is 0 Å². The third-order valence-electron chi connectivity index (χ3n) is 4.00. The first-order chi connectivity index (χ1) is 11.5. The average Bonchev–Trinajstić information content (AvgIpc) is 2.89. The highest BCUT2D eigenvalue weighted by Crippen LogP contribution is 2.25. The fourth-order valence-electron chi connectivity index (χ4n) is 2.34. The Kier molecular flexibility index (Phi) is 10.2. The van der Waals surface area contributed by atoms with Crippen molar-refractivity contribution < 1.29 is 8.42 Å². The summed E-state index contributed by atoms with van der Waals surface area (Å²) in [6.07, 6.45) is 6.18. The number of hydrogen-bond acceptors (Lipinski definition) is 5. The summed E-state index contributed by atoms with van der Waals surface area (Å²) < 4.78 is 26.5. The lowest BCUT2D eigenvalue weighted by Gasteiger charge is -2.25. The van der Waals surface area contributed by atoms with Crippen LogP contribution in [0.3, 0.4) is 0 Å². The molecule has 25 heavy (non-hydrogen) atoms. The first kappa shape index (κ1) is 22.6. The molecule has 0 bridgehead atoms. The highest BCUT2D eigenvalue weighted by Gasteiger charge is 2.20. The number of hydrogen-bond donors (Lipinski definition) is 3. The maximum Gasteiger partial charge on any atom is 0.213 e. The van der Waals surface area contributed by atoms with Gasteiger partial charge in [-0.05, 0) is 25.7 Å². The van der Waals surface area contributed by atoms with Gasteiger partial charge in [-0.15, -0.1) is 35.3 Å². The summed E-state index contributed by atoms with van der Waals surface area (Å²) >= 11 is 1.68. The number of aryl methyl sites for hydroxylation is 1. The Morgan fingerprint density at radius 2 is 2.08 bits per heavy atom. The SMILES string of the molecule is CN=C(NCCc1ncc(C)s1)NCCS(=O)(=O)NCC1CCC1.I. The Hall–Kier alpha value is -0.460. The van der Waals surface area contributed by atoms with Crippen LogP contribution in [0.15, 0.2) is 11.2 Å². The minimum atomic E-state index is -3.22. The molecule has 1 saturated carbocycles. The van der Waals surface area contributed by atoms with Gasteiger partial charge in [0.1, 0.15) is 0 Å². The predicted molar refractivity (Wildman–Crippen MR) is 114 cm³/mol. The van der Waals surface area contributed by atoms with Crippen LogP contribution >= 0.6 is 35.3 Å². The molecule has 7 nitrogen and oxygen atoms in total. The van der Waals surface area contributed by atoms with Crippen molar-refractivity contribution in [2.45, 2.75) is 32.6 Å². The minimum absolute atomic E-state index is 0. The molecule has 0 saturated heterocycles. The first-order valence-corrected chi connectivity index (χ1v) is 10.8. The first-order valence-electron chi connectivity index (χ1n) is 8.31. The van der Waals surface area contributed by atoms with E-state index in [9.17, 15) is 8.42 Å². The Morgan fingerprint density at radius 1 is 1.36 bits per heavy atom. The van der Waals surface area contributed by atoms with Crippen LogP contribution in [0.5, 0.6) is 0 Å². The van der Waals surface area contributed by atoms with Gasteiger partial charge in [-0.2, -0.15) is 0 Å². The van der Waals surface area contributed by atoms with Crippen molar-refractivity contribution in [3.05, 3.63) is 16.1 Å². The Morgan fingerprint density at radius 3 is 2.64 bits per heavy atom. The maximum atomic E-state index is 11.9. The number of aromatic nitrogens is 1. The van der Waals surface area contributed by atoms with Crippen molar-refractivity contribution in [3.63, 3.8) is 0 Å². The van der Waals surface area contributed by atoms with Gasteiger partial charge in [0.25, 0.3) is 0 Å². The van der Waals surface area contributed by atoms with Crippen LogP contribution < -0.4 is 15.4 Å². The van der Waals surface area contributed by atoms with Crippen molar-refractivity contribution in [1.29, 1.82) is 0 Å². The molecule has 0 amide bonds. The molecule has 1 aromatic rings. The van der Waals surface area contributed by atoms with Crippen LogP contribution in [-0.2, 0) is 16.4 Å². The Bertz CT molecular complexity index is 644. The van der Waals surface area contributed by atoms with E-state index in [0.717, 1.165) is 24.3 Å². The van der Waals surface area contributed by atoms with E-state index in [1.54, 1.807) is 18.4 Å². The second-order valence-corrected chi connectivity index (χ2v) is 9.25. The molecule has 144 valence electrons. The fraction of sp³-hybridized carbons (Fsp3) is 0.733. The summed E-state index contributed by atoms with van der Waals surface area (Å²) in [5, 5.41) is 7.29. The van der Waals surface area contributed by atoms with E-state index < -0.39 is 10.0 Å². The number of nitrogens with one attached hydrogen (secondary N) is 3. The number of rotatable bonds is 9. The Labute approximate surface area is 171 Å². The molecule has 1 aliphatic rings. The van der Waals surface area contributed by atoms with Gasteiger partial charge in [-0.25, -0.2) is 18.1 Å². The van der Waals surface area contributed by atoms with Crippen LogP contribution in [0.1, 0.15) is 29.1 Å². The van der Waals surface area contributed by atoms with Gasteiger partial charge in [0, 0.05) is 44.2 Å². The number of sulfonamides is 1. The summed E-state index contributed by atoms with van der Waals surface area (Å²) in [6.45, 7) is 3.65. The van der Waals surface area contributed by atoms with E-state index >= 15 is 0 Å². The molecule has 10 heteroatoms. The van der Waals surface area contributed by atoms with Gasteiger partial charge < -0.3 is 10.6 Å². The lowest BCUT2D eigenvalue weighted by molar-refractivity contribution is 0.316. The maximum absolute atomic E-state index is 11.9. The number of halogens is 1. The summed E-state index contributed by atoms with van der Waals surface area (Å²) in [6, 6.07) is 0. The normalized spacial score (nSPS) is 15.4. The quantitative estimate of drug-likeness (QED) is 0.271. The molecule has 1 aliphatic carbocycles. The van der Waals surface area contributed by atoms with Gasteiger partial charge in [0.15, 0.2) is 5.96 Å². The molecule has 0 atom stereocenters. The van der Waals surface area contributed by atoms with E-state index in [-0.39, 0.29) is 29.7 Å². The molecular weight excluding hydrogens is 473 g/mol. The number of guanidine groups is 1. The minimum Gasteiger partial charge on any atom is -0.356 e. The topological polar surface area (TPSA) is 95.5 Å². The van der Waals surface area contributed by atoms with Crippen LogP contribution in [0, 0.1) is 12.8 Å². The highest BCUT2D eigenvalue weighted by molar-refractivity contribution is 14.0. The fourth-order valence-corrected chi connectivity index (χ4v) is 4.13. The molecule has 0 aromatic carbocycles. The van der Waals surface area contributed by atoms with Gasteiger partial charge in [-0.3, -0.25) is 4.99 Å². The molecule has 1 aromatic heterocycles. The highest BCUT2D eigenvalue weighted by atomic mass is 127. The van der Waals surface area contributed by atoms with Gasteiger partial charge in [0.05, 0.1) is 10.8 Å². The zero-order valence-electron chi connectivity index (χ0n) is 14.7. The average molecular weight is 501 g/mol. The molecular formula is C15H28IN5O2S2. The summed E-state index contributed by atoms with van der Waals surface area (Å²) in [5.41, 5.74) is 0. The molecule has 1 fully saturated rings.